The highest BCUT2D eigenvalue weighted by atomic mass is 19.4. The van der Waals surface area contributed by atoms with Crippen LogP contribution in [0.1, 0.15) is 0 Å². The molecule has 0 unspecified atom stereocenters. The van der Waals surface area contributed by atoms with Crippen LogP contribution >= 0.6 is 0 Å². The molecule has 0 amide bonds. The standard InChI is InChI=1S/C7H9F3O3/c1-2-3-12-4-5-13-6(11)7(8,9)10/h2H,1,3-5H2. The third kappa shape index (κ3) is 6.15. The van der Waals surface area contributed by atoms with Crippen LogP contribution in [0.4, 0.5) is 13.2 Å². The molecule has 0 heterocycles. The Kier molecular flexibility index (Phi) is 5.13. The van der Waals surface area contributed by atoms with E-state index in [0.717, 1.165) is 0 Å². The molecule has 0 saturated heterocycles. The number of alkyl halides is 3. The average Bonchev–Trinajstić information content (AvgIpc) is 2.02. The Balaban J connectivity index is 3.43. The minimum absolute atomic E-state index is 0.0756. The summed E-state index contributed by atoms with van der Waals surface area (Å²) in [6, 6.07) is 0. The number of carbonyl (C=O) groups is 1. The number of hydrogen-bond donors (Lipinski definition) is 0. The van der Waals surface area contributed by atoms with Crippen molar-refractivity contribution in [1.29, 1.82) is 0 Å². The van der Waals surface area contributed by atoms with E-state index in [-0.39, 0.29) is 13.2 Å². The van der Waals surface area contributed by atoms with Gasteiger partial charge in [0.25, 0.3) is 0 Å². The molecule has 0 aromatic rings. The molecule has 0 aromatic carbocycles. The summed E-state index contributed by atoms with van der Waals surface area (Å²) in [4.78, 5) is 10.1. The Morgan fingerprint density at radius 1 is 1.38 bits per heavy atom. The van der Waals surface area contributed by atoms with Gasteiger partial charge in [0.05, 0.1) is 13.2 Å². The number of carbonyl (C=O) groups excluding carboxylic acids is 1. The van der Waals surface area contributed by atoms with Gasteiger partial charge in [-0.15, -0.1) is 6.58 Å². The number of esters is 1. The van der Waals surface area contributed by atoms with E-state index in [4.69, 9.17) is 0 Å². The van der Waals surface area contributed by atoms with E-state index in [1.54, 1.807) is 0 Å². The van der Waals surface area contributed by atoms with Crippen LogP contribution in [0.5, 0.6) is 0 Å². The van der Waals surface area contributed by atoms with Crippen LogP contribution < -0.4 is 0 Å². The van der Waals surface area contributed by atoms with Crippen LogP contribution in [0.2, 0.25) is 0 Å². The molecule has 0 spiro atoms. The number of halogens is 3. The second kappa shape index (κ2) is 5.58. The highest BCUT2D eigenvalue weighted by Gasteiger charge is 2.40. The van der Waals surface area contributed by atoms with Gasteiger partial charge >= 0.3 is 12.1 Å². The van der Waals surface area contributed by atoms with Crippen molar-refractivity contribution in [2.45, 2.75) is 6.18 Å². The SMILES string of the molecule is C=CCOCCOC(=O)C(F)(F)F. The van der Waals surface area contributed by atoms with Gasteiger partial charge in [0.15, 0.2) is 0 Å². The quantitative estimate of drug-likeness (QED) is 0.379. The molecular weight excluding hydrogens is 189 g/mol. The molecule has 0 N–H and O–H groups in total. The lowest BCUT2D eigenvalue weighted by Crippen LogP contribution is -2.26. The summed E-state index contributed by atoms with van der Waals surface area (Å²) in [7, 11) is 0. The molecule has 0 aliphatic heterocycles. The van der Waals surface area contributed by atoms with Crippen LogP contribution in [-0.4, -0.2) is 32.0 Å². The zero-order valence-electron chi connectivity index (χ0n) is 6.76. The lowest BCUT2D eigenvalue weighted by molar-refractivity contribution is -0.200. The van der Waals surface area contributed by atoms with E-state index in [0.29, 0.717) is 0 Å². The van der Waals surface area contributed by atoms with Crippen molar-refractivity contribution in [2.75, 3.05) is 19.8 Å². The van der Waals surface area contributed by atoms with Crippen molar-refractivity contribution < 1.29 is 27.4 Å². The molecule has 0 saturated carbocycles. The largest absolute Gasteiger partial charge is 0.490 e. The smallest absolute Gasteiger partial charge is 0.457 e. The predicted octanol–water partition coefficient (Wildman–Crippen LogP) is 1.29. The molecule has 0 aliphatic rings. The fraction of sp³-hybridized carbons (Fsp3) is 0.571. The Hall–Kier alpha value is -1.04. The Bertz CT molecular complexity index is 176. The van der Waals surface area contributed by atoms with Crippen LogP contribution in [0.3, 0.4) is 0 Å². The molecule has 0 rings (SSSR count). The van der Waals surface area contributed by atoms with E-state index in [1.165, 1.54) is 6.08 Å². The van der Waals surface area contributed by atoms with Crippen LogP contribution in [0, 0.1) is 0 Å². The molecule has 0 radical (unpaired) electrons. The molecule has 0 fully saturated rings. The van der Waals surface area contributed by atoms with Gasteiger partial charge in [-0.05, 0) is 0 Å². The van der Waals surface area contributed by atoms with Gasteiger partial charge in [-0.25, -0.2) is 4.79 Å². The molecule has 6 heteroatoms. The third-order valence-corrected chi connectivity index (χ3v) is 0.928. The highest BCUT2D eigenvalue weighted by Crippen LogP contribution is 2.15. The van der Waals surface area contributed by atoms with Gasteiger partial charge in [-0.1, -0.05) is 6.08 Å². The molecule has 76 valence electrons. The van der Waals surface area contributed by atoms with Gasteiger partial charge < -0.3 is 9.47 Å². The fourth-order valence-electron chi connectivity index (χ4n) is 0.442. The molecule has 0 aromatic heterocycles. The third-order valence-electron chi connectivity index (χ3n) is 0.928. The van der Waals surface area contributed by atoms with Gasteiger partial charge in [-0.2, -0.15) is 13.2 Å². The highest BCUT2D eigenvalue weighted by molar-refractivity contribution is 5.75. The Labute approximate surface area is 73.1 Å². The summed E-state index contributed by atoms with van der Waals surface area (Å²) in [5.74, 6) is -2.20. The van der Waals surface area contributed by atoms with Crippen molar-refractivity contribution in [3.05, 3.63) is 12.7 Å². The summed E-state index contributed by atoms with van der Waals surface area (Å²) in [6.45, 7) is 3.05. The van der Waals surface area contributed by atoms with E-state index >= 15 is 0 Å². The number of rotatable bonds is 5. The first kappa shape index (κ1) is 12.0. The minimum Gasteiger partial charge on any atom is -0.457 e. The first-order valence-corrected chi connectivity index (χ1v) is 3.41. The fourth-order valence-corrected chi connectivity index (χ4v) is 0.442. The first-order chi connectivity index (χ1) is 5.98. The second-order valence-electron chi connectivity index (χ2n) is 2.00. The van der Waals surface area contributed by atoms with E-state index in [2.05, 4.69) is 16.1 Å². The van der Waals surface area contributed by atoms with E-state index in [1.807, 2.05) is 0 Å². The summed E-state index contributed by atoms with van der Waals surface area (Å²) >= 11 is 0. The summed E-state index contributed by atoms with van der Waals surface area (Å²) < 4.78 is 43.0. The molecule has 13 heavy (non-hydrogen) atoms. The zero-order valence-corrected chi connectivity index (χ0v) is 6.76. The average molecular weight is 198 g/mol. The Morgan fingerprint density at radius 2 is 2.00 bits per heavy atom. The molecular formula is C7H9F3O3. The number of hydrogen-bond acceptors (Lipinski definition) is 3. The molecule has 0 aliphatic carbocycles. The van der Waals surface area contributed by atoms with Gasteiger partial charge in [0.2, 0.25) is 0 Å². The lowest BCUT2D eigenvalue weighted by Gasteiger charge is -2.06. The summed E-state index contributed by atoms with van der Waals surface area (Å²) in [6.07, 6.45) is -3.50. The first-order valence-electron chi connectivity index (χ1n) is 3.41. The van der Waals surface area contributed by atoms with Crippen LogP contribution in [0.15, 0.2) is 12.7 Å². The monoisotopic (exact) mass is 198 g/mol. The van der Waals surface area contributed by atoms with Crippen molar-refractivity contribution >= 4 is 5.97 Å². The summed E-state index contributed by atoms with van der Waals surface area (Å²) in [5.41, 5.74) is 0. The maximum absolute atomic E-state index is 11.5. The van der Waals surface area contributed by atoms with Crippen LogP contribution in [-0.2, 0) is 14.3 Å². The predicted molar refractivity (Wildman–Crippen MR) is 38.0 cm³/mol. The zero-order chi connectivity index (χ0) is 10.3. The second-order valence-corrected chi connectivity index (χ2v) is 2.00. The Morgan fingerprint density at radius 3 is 2.46 bits per heavy atom. The minimum atomic E-state index is -4.93. The molecule has 0 bridgehead atoms. The van der Waals surface area contributed by atoms with Crippen molar-refractivity contribution in [3.8, 4) is 0 Å². The maximum Gasteiger partial charge on any atom is 0.490 e. The van der Waals surface area contributed by atoms with Crippen LogP contribution in [0.25, 0.3) is 0 Å². The molecule has 0 atom stereocenters. The van der Waals surface area contributed by atoms with Gasteiger partial charge in [-0.3, -0.25) is 0 Å². The van der Waals surface area contributed by atoms with Crippen molar-refractivity contribution in [2.24, 2.45) is 0 Å². The maximum atomic E-state index is 11.5. The normalized spacial score (nSPS) is 11.0. The lowest BCUT2D eigenvalue weighted by atomic mass is 10.6. The van der Waals surface area contributed by atoms with E-state index < -0.39 is 18.8 Å². The van der Waals surface area contributed by atoms with Crippen molar-refractivity contribution in [1.82, 2.24) is 0 Å². The summed E-state index contributed by atoms with van der Waals surface area (Å²) in [5, 5.41) is 0. The van der Waals surface area contributed by atoms with Gasteiger partial charge in [0, 0.05) is 0 Å². The van der Waals surface area contributed by atoms with E-state index in [9.17, 15) is 18.0 Å². The molecule has 3 nitrogen and oxygen atoms in total. The van der Waals surface area contributed by atoms with Crippen molar-refractivity contribution in [3.63, 3.8) is 0 Å². The van der Waals surface area contributed by atoms with Gasteiger partial charge in [0.1, 0.15) is 6.61 Å². The number of ether oxygens (including phenoxy) is 2. The topological polar surface area (TPSA) is 35.5 Å².